The van der Waals surface area contributed by atoms with Gasteiger partial charge in [-0.3, -0.25) is 4.79 Å². The van der Waals surface area contributed by atoms with E-state index in [9.17, 15) is 30.3 Å². The van der Waals surface area contributed by atoms with Crippen LogP contribution in [0.4, 0.5) is 0 Å². The van der Waals surface area contributed by atoms with E-state index in [1.165, 1.54) is 6.07 Å². The molecule has 0 amide bonds. The zero-order chi connectivity index (χ0) is 17.0. The average Bonchev–Trinajstić information content (AvgIpc) is 2.57. The molecule has 6 heteroatoms. The van der Waals surface area contributed by atoms with Crippen molar-refractivity contribution in [3.63, 3.8) is 0 Å². The molecule has 1 atom stereocenters. The highest BCUT2D eigenvalue weighted by molar-refractivity contribution is 5.80. The first kappa shape index (κ1) is 17.2. The summed E-state index contributed by atoms with van der Waals surface area (Å²) in [6.07, 6.45) is 3.04. The zero-order valence-corrected chi connectivity index (χ0v) is 12.6. The lowest BCUT2D eigenvalue weighted by Gasteiger charge is -2.23. The van der Waals surface area contributed by atoms with Crippen molar-refractivity contribution >= 4 is 6.29 Å². The van der Waals surface area contributed by atoms with E-state index in [0.717, 1.165) is 11.1 Å². The van der Waals surface area contributed by atoms with Crippen LogP contribution in [0.25, 0.3) is 0 Å². The lowest BCUT2D eigenvalue weighted by Crippen LogP contribution is -2.18. The summed E-state index contributed by atoms with van der Waals surface area (Å²) in [4.78, 5) is 11.0. The number of carbonyl (C=O) groups is 1. The van der Waals surface area contributed by atoms with Gasteiger partial charge in [0, 0.05) is 17.1 Å². The molecule has 0 spiro atoms. The van der Waals surface area contributed by atoms with Crippen LogP contribution in [0.5, 0.6) is 5.75 Å². The molecule has 1 aromatic rings. The number of carbonyl (C=O) groups excluding carboxylic acids is 1. The van der Waals surface area contributed by atoms with Crippen LogP contribution >= 0.6 is 0 Å². The van der Waals surface area contributed by atoms with E-state index >= 15 is 0 Å². The molecule has 0 aromatic heterocycles. The highest BCUT2D eigenvalue weighted by atomic mass is 16.3. The number of hydrogen-bond donors (Lipinski definition) is 5. The third-order valence-electron chi connectivity index (χ3n) is 4.00. The van der Waals surface area contributed by atoms with Gasteiger partial charge in [0.05, 0.1) is 25.4 Å². The Bertz CT molecular complexity index is 659. The Labute approximate surface area is 133 Å². The number of aliphatic hydroxyl groups is 4. The third kappa shape index (κ3) is 3.61. The molecule has 6 nitrogen and oxygen atoms in total. The lowest BCUT2D eigenvalue weighted by atomic mass is 9.85. The van der Waals surface area contributed by atoms with Crippen LogP contribution in [0.3, 0.4) is 0 Å². The largest absolute Gasteiger partial charge is 0.512 e. The predicted molar refractivity (Wildman–Crippen MR) is 83.1 cm³/mol. The molecule has 0 saturated carbocycles. The molecule has 1 aromatic carbocycles. The molecule has 23 heavy (non-hydrogen) atoms. The second kappa shape index (κ2) is 7.41. The number of phenols is 1. The maximum Gasteiger partial charge on any atom is 0.153 e. The molecule has 5 N–H and O–H groups in total. The van der Waals surface area contributed by atoms with Crippen LogP contribution < -0.4 is 0 Å². The average molecular weight is 320 g/mol. The van der Waals surface area contributed by atoms with E-state index in [4.69, 9.17) is 0 Å². The van der Waals surface area contributed by atoms with Crippen LogP contribution in [-0.2, 0) is 13.0 Å². The maximum atomic E-state index is 11.0. The van der Waals surface area contributed by atoms with Gasteiger partial charge < -0.3 is 25.5 Å². The van der Waals surface area contributed by atoms with Gasteiger partial charge in [-0.05, 0) is 30.5 Å². The molecule has 0 bridgehead atoms. The minimum Gasteiger partial charge on any atom is -0.512 e. The van der Waals surface area contributed by atoms with Gasteiger partial charge in [-0.2, -0.15) is 0 Å². The zero-order valence-electron chi connectivity index (χ0n) is 12.6. The molecule has 0 saturated heterocycles. The summed E-state index contributed by atoms with van der Waals surface area (Å²) in [5.41, 5.74) is 2.32. The molecule has 1 aliphatic carbocycles. The van der Waals surface area contributed by atoms with Gasteiger partial charge in [0.1, 0.15) is 11.5 Å². The van der Waals surface area contributed by atoms with Gasteiger partial charge in [0.15, 0.2) is 6.29 Å². The van der Waals surface area contributed by atoms with Crippen molar-refractivity contribution in [1.82, 2.24) is 0 Å². The van der Waals surface area contributed by atoms with Crippen LogP contribution in [-0.4, -0.2) is 45.0 Å². The Kier molecular flexibility index (Phi) is 5.54. The fourth-order valence-electron chi connectivity index (χ4n) is 2.82. The second-order valence-electron chi connectivity index (χ2n) is 5.60. The summed E-state index contributed by atoms with van der Waals surface area (Å²) >= 11 is 0. The molecular formula is C17H20O6. The van der Waals surface area contributed by atoms with E-state index in [-0.39, 0.29) is 42.5 Å². The van der Waals surface area contributed by atoms with Crippen molar-refractivity contribution in [2.75, 3.05) is 13.2 Å². The van der Waals surface area contributed by atoms with Gasteiger partial charge in [-0.25, -0.2) is 0 Å². The van der Waals surface area contributed by atoms with Crippen molar-refractivity contribution in [2.24, 2.45) is 5.92 Å². The summed E-state index contributed by atoms with van der Waals surface area (Å²) in [5, 5.41) is 47.6. The van der Waals surface area contributed by atoms with Crippen molar-refractivity contribution in [3.8, 4) is 5.75 Å². The minimum absolute atomic E-state index is 0.00548. The fourth-order valence-corrected chi connectivity index (χ4v) is 2.82. The normalized spacial score (nSPS) is 18.0. The molecule has 124 valence electrons. The number of aldehydes is 1. The maximum absolute atomic E-state index is 11.0. The smallest absolute Gasteiger partial charge is 0.153 e. The first-order chi connectivity index (χ1) is 11.0. The molecule has 0 aliphatic heterocycles. The minimum atomic E-state index is -0.461. The Morgan fingerprint density at radius 2 is 1.87 bits per heavy atom. The molecule has 0 heterocycles. The Morgan fingerprint density at radius 3 is 2.43 bits per heavy atom. The third-order valence-corrected chi connectivity index (χ3v) is 4.00. The number of aromatic hydroxyl groups is 1. The number of hydrogen-bond acceptors (Lipinski definition) is 6. The van der Waals surface area contributed by atoms with Gasteiger partial charge in [0.25, 0.3) is 0 Å². The molecule has 1 unspecified atom stereocenters. The van der Waals surface area contributed by atoms with Gasteiger partial charge in [-0.1, -0.05) is 11.6 Å². The lowest BCUT2D eigenvalue weighted by molar-refractivity contribution is 0.112. The van der Waals surface area contributed by atoms with E-state index in [0.29, 0.717) is 24.7 Å². The summed E-state index contributed by atoms with van der Waals surface area (Å²) in [6.45, 7) is -0.950. The van der Waals surface area contributed by atoms with E-state index in [2.05, 4.69) is 0 Å². The molecule has 2 rings (SSSR count). The van der Waals surface area contributed by atoms with Crippen molar-refractivity contribution < 1.29 is 30.3 Å². The van der Waals surface area contributed by atoms with Crippen molar-refractivity contribution in [2.45, 2.75) is 19.4 Å². The first-order valence-electron chi connectivity index (χ1n) is 7.28. The topological polar surface area (TPSA) is 118 Å². The number of benzene rings is 1. The quantitative estimate of drug-likeness (QED) is 0.499. The molecule has 0 radical (unpaired) electrons. The molecular weight excluding hydrogens is 300 g/mol. The SMILES string of the molecule is O=Cc1cc(CC2=CC(CO)=C(O)C(CO)C2)cc(CO)c1O. The fraction of sp³-hybridized carbons (Fsp3) is 0.353. The summed E-state index contributed by atoms with van der Waals surface area (Å²) in [6, 6.07) is 3.14. The van der Waals surface area contributed by atoms with E-state index in [1.807, 2.05) is 0 Å². The number of allylic oxidation sites excluding steroid dienone is 1. The second-order valence-corrected chi connectivity index (χ2v) is 5.60. The van der Waals surface area contributed by atoms with Crippen LogP contribution in [0.1, 0.15) is 27.9 Å². The van der Waals surface area contributed by atoms with Gasteiger partial charge >= 0.3 is 0 Å². The Balaban J connectivity index is 2.34. The Hall–Kier alpha value is -2.15. The highest BCUT2D eigenvalue weighted by Gasteiger charge is 2.23. The van der Waals surface area contributed by atoms with Crippen LogP contribution in [0, 0.1) is 5.92 Å². The first-order valence-corrected chi connectivity index (χ1v) is 7.28. The summed E-state index contributed by atoms with van der Waals surface area (Å²) < 4.78 is 0. The molecule has 1 aliphatic rings. The van der Waals surface area contributed by atoms with Gasteiger partial charge in [0.2, 0.25) is 0 Å². The summed E-state index contributed by atoms with van der Waals surface area (Å²) in [5.74, 6) is -0.697. The van der Waals surface area contributed by atoms with E-state index in [1.54, 1.807) is 12.1 Å². The number of rotatable bonds is 6. The standard InChI is InChI=1S/C17H20O6/c18-6-12-2-10(3-13(7-19)16(12)22)1-11-4-14(8-20)17(23)15(5-11)9-21/h2-4,6,15,19-23H,1,5,7-9H2. The predicted octanol–water partition coefficient (Wildman–Crippen LogP) is 0.982. The number of aliphatic hydroxyl groups excluding tert-OH is 4. The monoisotopic (exact) mass is 320 g/mol. The van der Waals surface area contributed by atoms with Crippen molar-refractivity contribution in [3.05, 3.63) is 51.8 Å². The van der Waals surface area contributed by atoms with E-state index < -0.39 is 5.92 Å². The Morgan fingerprint density at radius 1 is 1.13 bits per heavy atom. The van der Waals surface area contributed by atoms with Gasteiger partial charge in [-0.15, -0.1) is 0 Å². The van der Waals surface area contributed by atoms with Crippen LogP contribution in [0.2, 0.25) is 0 Å². The van der Waals surface area contributed by atoms with Crippen LogP contribution in [0.15, 0.2) is 35.1 Å². The molecule has 0 fully saturated rings. The highest BCUT2D eigenvalue weighted by Crippen LogP contribution is 2.31. The summed E-state index contributed by atoms with van der Waals surface area (Å²) in [7, 11) is 0. The van der Waals surface area contributed by atoms with Crippen molar-refractivity contribution in [1.29, 1.82) is 0 Å².